The lowest BCUT2D eigenvalue weighted by molar-refractivity contribution is -0.136. The summed E-state index contributed by atoms with van der Waals surface area (Å²) in [4.78, 5) is 31.4. The summed E-state index contributed by atoms with van der Waals surface area (Å²) in [5.74, 6) is 0.406. The van der Waals surface area contributed by atoms with E-state index in [1.807, 2.05) is 11.0 Å². The molecule has 2 aliphatic rings. The number of likely N-dealkylation sites (tertiary alicyclic amines) is 1. The van der Waals surface area contributed by atoms with Crippen LogP contribution in [0.2, 0.25) is 0 Å². The van der Waals surface area contributed by atoms with Crippen molar-refractivity contribution in [3.63, 3.8) is 0 Å². The van der Waals surface area contributed by atoms with Crippen LogP contribution in [0.25, 0.3) is 0 Å². The first-order valence-electron chi connectivity index (χ1n) is 10.5. The van der Waals surface area contributed by atoms with Crippen LogP contribution in [0.3, 0.4) is 0 Å². The Morgan fingerprint density at radius 3 is 2.46 bits per heavy atom. The second-order valence-corrected chi connectivity index (χ2v) is 8.43. The lowest BCUT2D eigenvalue weighted by Crippen LogP contribution is -2.53. The zero-order chi connectivity index (χ0) is 20.3. The first-order chi connectivity index (χ1) is 13.4. The highest BCUT2D eigenvalue weighted by atomic mass is 16.3. The highest BCUT2D eigenvalue weighted by molar-refractivity contribution is 5.97. The number of carbonyl (C=O) groups is 2. The molecule has 3 rings (SSSR count). The van der Waals surface area contributed by atoms with E-state index in [0.717, 1.165) is 24.9 Å². The molecule has 6 nitrogen and oxygen atoms in total. The first kappa shape index (κ1) is 20.6. The molecule has 1 unspecified atom stereocenters. The number of carbonyl (C=O) groups excluding carboxylic acids is 2. The molecule has 1 aromatic rings. The molecule has 0 aliphatic carbocycles. The van der Waals surface area contributed by atoms with E-state index >= 15 is 0 Å². The normalized spacial score (nSPS) is 21.2. The molecule has 2 amide bonds. The monoisotopic (exact) mass is 387 g/mol. The number of hydrogen-bond acceptors (Lipinski definition) is 4. The molecule has 1 N–H and O–H groups in total. The fourth-order valence-electron chi connectivity index (χ4n) is 4.11. The topological polar surface area (TPSA) is 64.1 Å². The third-order valence-electron chi connectivity index (χ3n) is 6.06. The van der Waals surface area contributed by atoms with Crippen molar-refractivity contribution in [2.45, 2.75) is 52.0 Å². The molecule has 0 radical (unpaired) electrons. The third kappa shape index (κ3) is 4.66. The number of amides is 2. The lowest BCUT2D eigenvalue weighted by Gasteiger charge is -2.38. The van der Waals surface area contributed by atoms with Crippen molar-refractivity contribution >= 4 is 11.8 Å². The maximum absolute atomic E-state index is 12.9. The van der Waals surface area contributed by atoms with Gasteiger partial charge >= 0.3 is 0 Å². The van der Waals surface area contributed by atoms with Crippen LogP contribution in [0.1, 0.15) is 61.9 Å². The SMILES string of the molecule is CC(C)c1ccc(O)c(C(=O)N2CCN(CC(=O)N3CCCCC3C)CC2)c1. The number of phenolic OH excluding ortho intramolecular Hbond substituents is 1. The van der Waals surface area contributed by atoms with Crippen molar-refractivity contribution in [3.05, 3.63) is 29.3 Å². The van der Waals surface area contributed by atoms with Crippen molar-refractivity contribution in [1.29, 1.82) is 0 Å². The minimum absolute atomic E-state index is 0.0334. The first-order valence-corrected chi connectivity index (χ1v) is 10.5. The fourth-order valence-corrected chi connectivity index (χ4v) is 4.11. The summed E-state index contributed by atoms with van der Waals surface area (Å²) in [5.41, 5.74) is 1.42. The summed E-state index contributed by atoms with van der Waals surface area (Å²) in [6.45, 7) is 10.1. The minimum Gasteiger partial charge on any atom is -0.507 e. The maximum atomic E-state index is 12.9. The number of piperidine rings is 1. The molecule has 2 saturated heterocycles. The molecule has 1 aromatic carbocycles. The van der Waals surface area contributed by atoms with Crippen molar-refractivity contribution in [3.8, 4) is 5.75 Å². The third-order valence-corrected chi connectivity index (χ3v) is 6.06. The van der Waals surface area contributed by atoms with E-state index in [0.29, 0.717) is 50.2 Å². The second kappa shape index (κ2) is 8.95. The average Bonchev–Trinajstić information content (AvgIpc) is 2.68. The largest absolute Gasteiger partial charge is 0.507 e. The van der Waals surface area contributed by atoms with Gasteiger partial charge < -0.3 is 14.9 Å². The van der Waals surface area contributed by atoms with Gasteiger partial charge in [-0.05, 0) is 49.8 Å². The zero-order valence-electron chi connectivity index (χ0n) is 17.4. The van der Waals surface area contributed by atoms with Gasteiger partial charge in [-0.15, -0.1) is 0 Å². The molecular formula is C22H33N3O3. The minimum atomic E-state index is -0.129. The number of hydrogen-bond donors (Lipinski definition) is 1. The van der Waals surface area contributed by atoms with Gasteiger partial charge in [0.05, 0.1) is 12.1 Å². The summed E-state index contributed by atoms with van der Waals surface area (Å²) >= 11 is 0. The molecule has 2 heterocycles. The molecule has 0 bridgehead atoms. The van der Waals surface area contributed by atoms with E-state index in [1.54, 1.807) is 17.0 Å². The van der Waals surface area contributed by atoms with Gasteiger partial charge in [-0.3, -0.25) is 14.5 Å². The molecule has 1 atom stereocenters. The van der Waals surface area contributed by atoms with Gasteiger partial charge in [-0.25, -0.2) is 0 Å². The summed E-state index contributed by atoms with van der Waals surface area (Å²) < 4.78 is 0. The number of phenols is 1. The summed E-state index contributed by atoms with van der Waals surface area (Å²) in [5, 5.41) is 10.1. The number of rotatable bonds is 4. The smallest absolute Gasteiger partial charge is 0.257 e. The Kier molecular flexibility index (Phi) is 6.60. The van der Waals surface area contributed by atoms with Crippen molar-refractivity contribution in [1.82, 2.24) is 14.7 Å². The Balaban J connectivity index is 1.56. The van der Waals surface area contributed by atoms with E-state index in [2.05, 4.69) is 25.7 Å². The summed E-state index contributed by atoms with van der Waals surface area (Å²) in [6.07, 6.45) is 3.39. The van der Waals surface area contributed by atoms with Crippen LogP contribution in [0.5, 0.6) is 5.75 Å². The van der Waals surface area contributed by atoms with Crippen molar-refractivity contribution in [2.75, 3.05) is 39.3 Å². The lowest BCUT2D eigenvalue weighted by atomic mass is 9.99. The summed E-state index contributed by atoms with van der Waals surface area (Å²) in [6, 6.07) is 5.61. The van der Waals surface area contributed by atoms with E-state index in [9.17, 15) is 14.7 Å². The molecule has 0 aromatic heterocycles. The van der Waals surface area contributed by atoms with Crippen LogP contribution < -0.4 is 0 Å². The van der Waals surface area contributed by atoms with Gasteiger partial charge in [0, 0.05) is 38.8 Å². The molecule has 154 valence electrons. The van der Waals surface area contributed by atoms with Crippen LogP contribution in [-0.2, 0) is 4.79 Å². The van der Waals surface area contributed by atoms with E-state index in [4.69, 9.17) is 0 Å². The van der Waals surface area contributed by atoms with Crippen LogP contribution in [0.4, 0.5) is 0 Å². The van der Waals surface area contributed by atoms with E-state index < -0.39 is 0 Å². The molecule has 0 spiro atoms. The van der Waals surface area contributed by atoms with E-state index in [1.165, 1.54) is 6.42 Å². The number of nitrogens with zero attached hydrogens (tertiary/aromatic N) is 3. The number of piperazine rings is 1. The molecule has 28 heavy (non-hydrogen) atoms. The molecule has 0 saturated carbocycles. The molecule has 2 aliphatic heterocycles. The molecule has 6 heteroatoms. The highest BCUT2D eigenvalue weighted by Gasteiger charge is 2.28. The fraction of sp³-hybridized carbons (Fsp3) is 0.636. The molecular weight excluding hydrogens is 354 g/mol. The van der Waals surface area contributed by atoms with Crippen LogP contribution in [-0.4, -0.2) is 76.9 Å². The second-order valence-electron chi connectivity index (χ2n) is 8.43. The standard InChI is InChI=1S/C22H33N3O3/c1-16(2)18-7-8-20(26)19(14-18)22(28)24-12-10-23(11-13-24)15-21(27)25-9-5-4-6-17(25)3/h7-8,14,16-17,26H,4-6,9-13,15H2,1-3H3. The Morgan fingerprint density at radius 1 is 1.11 bits per heavy atom. The molecule has 2 fully saturated rings. The predicted molar refractivity (Wildman–Crippen MR) is 110 cm³/mol. The van der Waals surface area contributed by atoms with Gasteiger partial charge in [0.1, 0.15) is 5.75 Å². The van der Waals surface area contributed by atoms with Crippen molar-refractivity contribution in [2.24, 2.45) is 0 Å². The highest BCUT2D eigenvalue weighted by Crippen LogP contribution is 2.25. The quantitative estimate of drug-likeness (QED) is 0.863. The Hall–Kier alpha value is -2.08. The van der Waals surface area contributed by atoms with Gasteiger partial charge in [0.15, 0.2) is 0 Å². The summed E-state index contributed by atoms with van der Waals surface area (Å²) in [7, 11) is 0. The van der Waals surface area contributed by atoms with Gasteiger partial charge in [0.25, 0.3) is 5.91 Å². The van der Waals surface area contributed by atoms with Crippen molar-refractivity contribution < 1.29 is 14.7 Å². The number of benzene rings is 1. The Morgan fingerprint density at radius 2 is 1.82 bits per heavy atom. The van der Waals surface area contributed by atoms with Crippen LogP contribution in [0.15, 0.2) is 18.2 Å². The Bertz CT molecular complexity index is 711. The maximum Gasteiger partial charge on any atom is 0.257 e. The van der Waals surface area contributed by atoms with Gasteiger partial charge in [0.2, 0.25) is 5.91 Å². The van der Waals surface area contributed by atoms with Gasteiger partial charge in [-0.2, -0.15) is 0 Å². The van der Waals surface area contributed by atoms with Crippen LogP contribution >= 0.6 is 0 Å². The zero-order valence-corrected chi connectivity index (χ0v) is 17.4. The predicted octanol–water partition coefficient (Wildman–Crippen LogP) is 2.67. The van der Waals surface area contributed by atoms with E-state index in [-0.39, 0.29) is 17.6 Å². The Labute approximate surface area is 168 Å². The van der Waals surface area contributed by atoms with Gasteiger partial charge in [-0.1, -0.05) is 19.9 Å². The number of aromatic hydroxyl groups is 1. The average molecular weight is 388 g/mol. The van der Waals surface area contributed by atoms with Crippen LogP contribution in [0, 0.1) is 0 Å².